The van der Waals surface area contributed by atoms with Crippen molar-refractivity contribution in [2.75, 3.05) is 0 Å². The van der Waals surface area contributed by atoms with E-state index in [1.54, 1.807) is 12.4 Å². The molecule has 2 N–H and O–H groups in total. The standard InChI is InChI=1S/C23H17N5O3/c1-27-13-24-19-9-7-15(11-20(19)27)25-22(14-5-3-2-4-6-14)21-17-12-16(28(30)31)8-10-18(17)26-23(21)29/h2-13,26,29H,1H3. The lowest BCUT2D eigenvalue weighted by molar-refractivity contribution is -0.384. The summed E-state index contributed by atoms with van der Waals surface area (Å²) in [4.78, 5) is 23.0. The molecular weight excluding hydrogens is 394 g/mol. The molecule has 0 spiro atoms. The highest BCUT2D eigenvalue weighted by molar-refractivity contribution is 6.22. The second-order valence-corrected chi connectivity index (χ2v) is 7.19. The second-order valence-electron chi connectivity index (χ2n) is 7.19. The van der Waals surface area contributed by atoms with Crippen LogP contribution in [0.1, 0.15) is 11.1 Å². The Kier molecular flexibility index (Phi) is 4.25. The van der Waals surface area contributed by atoms with Crippen LogP contribution >= 0.6 is 0 Å². The van der Waals surface area contributed by atoms with Crippen molar-refractivity contribution in [2.24, 2.45) is 12.0 Å². The van der Waals surface area contributed by atoms with E-state index < -0.39 is 4.92 Å². The van der Waals surface area contributed by atoms with E-state index in [9.17, 15) is 15.2 Å². The predicted octanol–water partition coefficient (Wildman–Crippen LogP) is 4.84. The number of nitrogens with zero attached hydrogens (tertiary/aromatic N) is 4. The summed E-state index contributed by atoms with van der Waals surface area (Å²) in [6.07, 6.45) is 1.74. The van der Waals surface area contributed by atoms with E-state index >= 15 is 0 Å². The summed E-state index contributed by atoms with van der Waals surface area (Å²) < 4.78 is 1.91. The highest BCUT2D eigenvalue weighted by Crippen LogP contribution is 2.34. The fraction of sp³-hybridized carbons (Fsp3) is 0.0435. The average molecular weight is 411 g/mol. The summed E-state index contributed by atoms with van der Waals surface area (Å²) in [5.74, 6) is -0.0975. The molecule has 0 aliphatic rings. The van der Waals surface area contributed by atoms with Gasteiger partial charge >= 0.3 is 0 Å². The maximum atomic E-state index is 11.3. The first-order chi connectivity index (χ1) is 15.0. The van der Waals surface area contributed by atoms with E-state index in [-0.39, 0.29) is 11.6 Å². The molecule has 3 aromatic carbocycles. The molecule has 2 heterocycles. The monoisotopic (exact) mass is 411 g/mol. The van der Waals surface area contributed by atoms with E-state index in [1.807, 2.05) is 60.1 Å². The minimum atomic E-state index is -0.455. The van der Waals surface area contributed by atoms with E-state index in [4.69, 9.17) is 4.99 Å². The van der Waals surface area contributed by atoms with Crippen LogP contribution in [0.3, 0.4) is 0 Å². The second kappa shape index (κ2) is 7.10. The quantitative estimate of drug-likeness (QED) is 0.251. The lowest BCUT2D eigenvalue weighted by Crippen LogP contribution is -2.03. The van der Waals surface area contributed by atoms with Crippen LogP contribution in [0.2, 0.25) is 0 Å². The van der Waals surface area contributed by atoms with Crippen LogP contribution in [0.15, 0.2) is 78.0 Å². The van der Waals surface area contributed by atoms with Gasteiger partial charge in [0.1, 0.15) is 0 Å². The summed E-state index contributed by atoms with van der Waals surface area (Å²) in [5, 5.41) is 22.6. The number of hydrogen-bond donors (Lipinski definition) is 2. The Hall–Kier alpha value is -4.46. The predicted molar refractivity (Wildman–Crippen MR) is 119 cm³/mol. The Balaban J connectivity index is 1.78. The molecule has 0 aliphatic carbocycles. The molecule has 0 aliphatic heterocycles. The molecule has 5 rings (SSSR count). The fourth-order valence-electron chi connectivity index (χ4n) is 3.69. The van der Waals surface area contributed by atoms with Crippen LogP contribution in [0.25, 0.3) is 21.9 Å². The molecule has 0 fully saturated rings. The molecule has 2 aromatic heterocycles. The van der Waals surface area contributed by atoms with Crippen molar-refractivity contribution < 1.29 is 10.0 Å². The smallest absolute Gasteiger partial charge is 0.270 e. The number of imidazole rings is 1. The number of rotatable bonds is 4. The first kappa shape index (κ1) is 18.6. The molecule has 0 bridgehead atoms. The number of H-pyrrole nitrogens is 1. The van der Waals surface area contributed by atoms with Gasteiger partial charge in [-0.05, 0) is 24.3 Å². The van der Waals surface area contributed by atoms with Crippen molar-refractivity contribution >= 4 is 39.0 Å². The van der Waals surface area contributed by atoms with Gasteiger partial charge in [-0.1, -0.05) is 30.3 Å². The third-order valence-electron chi connectivity index (χ3n) is 5.21. The van der Waals surface area contributed by atoms with Crippen molar-refractivity contribution in [1.29, 1.82) is 0 Å². The Bertz CT molecular complexity index is 1480. The number of aryl methyl sites for hydroxylation is 1. The Morgan fingerprint density at radius 3 is 2.71 bits per heavy atom. The van der Waals surface area contributed by atoms with Gasteiger partial charge < -0.3 is 14.7 Å². The van der Waals surface area contributed by atoms with E-state index in [0.29, 0.717) is 27.9 Å². The molecule has 0 unspecified atom stereocenters. The van der Waals surface area contributed by atoms with Crippen molar-refractivity contribution in [1.82, 2.24) is 14.5 Å². The topological polar surface area (TPSA) is 109 Å². The number of aromatic amines is 1. The average Bonchev–Trinajstić information content (AvgIpc) is 3.31. The molecule has 31 heavy (non-hydrogen) atoms. The number of aromatic hydroxyl groups is 1. The first-order valence-electron chi connectivity index (χ1n) is 9.56. The number of hydrogen-bond acceptors (Lipinski definition) is 5. The molecule has 152 valence electrons. The molecule has 0 saturated heterocycles. The van der Waals surface area contributed by atoms with E-state index in [1.165, 1.54) is 12.1 Å². The van der Waals surface area contributed by atoms with Crippen LogP contribution in [-0.4, -0.2) is 30.3 Å². The fourth-order valence-corrected chi connectivity index (χ4v) is 3.69. The van der Waals surface area contributed by atoms with Crippen molar-refractivity contribution in [3.8, 4) is 5.88 Å². The zero-order valence-corrected chi connectivity index (χ0v) is 16.5. The SMILES string of the molecule is Cn1cnc2ccc(N=C(c3ccccc3)c3c(O)[nH]c4ccc([N+](=O)[O-])cc34)cc21. The molecule has 0 atom stereocenters. The maximum Gasteiger partial charge on any atom is 0.270 e. The van der Waals surface area contributed by atoms with Gasteiger partial charge in [0.05, 0.1) is 39.2 Å². The number of benzene rings is 3. The third-order valence-corrected chi connectivity index (χ3v) is 5.21. The van der Waals surface area contributed by atoms with Crippen LogP contribution in [0.4, 0.5) is 11.4 Å². The summed E-state index contributed by atoms with van der Waals surface area (Å²) in [6.45, 7) is 0. The number of aromatic nitrogens is 3. The van der Waals surface area contributed by atoms with Gasteiger partial charge in [0.15, 0.2) is 5.88 Å². The molecule has 5 aromatic rings. The lowest BCUT2D eigenvalue weighted by Gasteiger charge is -2.08. The van der Waals surface area contributed by atoms with Crippen LogP contribution in [0.5, 0.6) is 5.88 Å². The highest BCUT2D eigenvalue weighted by atomic mass is 16.6. The van der Waals surface area contributed by atoms with Crippen molar-refractivity contribution in [2.45, 2.75) is 0 Å². The third kappa shape index (κ3) is 3.20. The van der Waals surface area contributed by atoms with Gasteiger partial charge in [-0.2, -0.15) is 0 Å². The van der Waals surface area contributed by atoms with Crippen LogP contribution < -0.4 is 0 Å². The molecule has 8 nitrogen and oxygen atoms in total. The van der Waals surface area contributed by atoms with E-state index in [0.717, 1.165) is 16.6 Å². The Labute approximate surface area is 176 Å². The first-order valence-corrected chi connectivity index (χ1v) is 9.56. The van der Waals surface area contributed by atoms with Crippen LogP contribution in [-0.2, 0) is 7.05 Å². The van der Waals surface area contributed by atoms with Crippen molar-refractivity contribution in [3.05, 3.63) is 94.3 Å². The Morgan fingerprint density at radius 1 is 1.13 bits per heavy atom. The minimum Gasteiger partial charge on any atom is -0.494 e. The number of nitro groups is 1. The number of non-ortho nitro benzene ring substituents is 1. The van der Waals surface area contributed by atoms with Gasteiger partial charge in [0, 0.05) is 35.6 Å². The van der Waals surface area contributed by atoms with Gasteiger partial charge in [-0.25, -0.2) is 9.98 Å². The summed E-state index contributed by atoms with van der Waals surface area (Å²) in [7, 11) is 1.91. The zero-order chi connectivity index (χ0) is 21.5. The molecule has 0 saturated carbocycles. The number of nitro benzene ring substituents is 1. The highest BCUT2D eigenvalue weighted by Gasteiger charge is 2.21. The lowest BCUT2D eigenvalue weighted by atomic mass is 10.0. The largest absolute Gasteiger partial charge is 0.494 e. The number of nitrogens with one attached hydrogen (secondary N) is 1. The molecule has 0 radical (unpaired) electrons. The molecule has 0 amide bonds. The van der Waals surface area contributed by atoms with E-state index in [2.05, 4.69) is 9.97 Å². The summed E-state index contributed by atoms with van der Waals surface area (Å²) >= 11 is 0. The van der Waals surface area contributed by atoms with Gasteiger partial charge in [-0.15, -0.1) is 0 Å². The summed E-state index contributed by atoms with van der Waals surface area (Å²) in [6, 6.07) is 19.5. The molecule has 8 heteroatoms. The zero-order valence-electron chi connectivity index (χ0n) is 16.5. The number of fused-ring (bicyclic) bond motifs is 2. The minimum absolute atomic E-state index is 0.0588. The van der Waals surface area contributed by atoms with Gasteiger partial charge in [0.25, 0.3) is 5.69 Å². The maximum absolute atomic E-state index is 11.3. The normalized spacial score (nSPS) is 12.0. The van der Waals surface area contributed by atoms with Gasteiger partial charge in [0.2, 0.25) is 0 Å². The van der Waals surface area contributed by atoms with Crippen molar-refractivity contribution in [3.63, 3.8) is 0 Å². The summed E-state index contributed by atoms with van der Waals surface area (Å²) in [5.41, 5.74) is 4.67. The Morgan fingerprint density at radius 2 is 1.94 bits per heavy atom. The van der Waals surface area contributed by atoms with Gasteiger partial charge in [-0.3, -0.25) is 10.1 Å². The number of aliphatic imine (C=N–C) groups is 1. The van der Waals surface area contributed by atoms with Crippen LogP contribution in [0, 0.1) is 10.1 Å². The molecular formula is C23H17N5O3.